The van der Waals surface area contributed by atoms with Crippen LogP contribution in [0.5, 0.6) is 0 Å². The fourth-order valence-corrected chi connectivity index (χ4v) is 3.99. The van der Waals surface area contributed by atoms with Crippen LogP contribution in [0.25, 0.3) is 16.6 Å². The molecule has 0 fully saturated rings. The number of carbonyl (C=O) groups excluding carboxylic acids is 1. The van der Waals surface area contributed by atoms with Crippen LogP contribution in [-0.2, 0) is 6.54 Å². The molecular weight excluding hydrogens is 425 g/mol. The average molecular weight is 448 g/mol. The zero-order chi connectivity index (χ0) is 23.0. The number of H-pyrrole nitrogens is 1. The Bertz CT molecular complexity index is 1460. The predicted octanol–water partition coefficient (Wildman–Crippen LogP) is 5.08. The van der Waals surface area contributed by atoms with Crippen molar-refractivity contribution in [3.8, 4) is 5.69 Å². The third-order valence-electron chi connectivity index (χ3n) is 5.64. The number of aromatic amines is 1. The third kappa shape index (κ3) is 3.99. The van der Waals surface area contributed by atoms with Gasteiger partial charge in [-0.3, -0.25) is 14.2 Å². The molecule has 4 aromatic rings. The lowest BCUT2D eigenvalue weighted by atomic mass is 10.1. The smallest absolute Gasteiger partial charge is 0.266 e. The highest BCUT2D eigenvalue weighted by atomic mass is 32.1. The van der Waals surface area contributed by atoms with E-state index in [1.54, 1.807) is 42.3 Å². The molecule has 4 rings (SSSR count). The summed E-state index contributed by atoms with van der Waals surface area (Å²) < 4.78 is 14.9. The standard InChI is InChI=1S/C25H22FN3O2S/c1-15-5-4-6-22(16(15)2)29-24(31)20-12-9-18(13-21(20)27-25(29)32)23(30)28(3)14-17-7-10-19(26)11-8-17/h4-13H,14H2,1-3H3,(H,27,32). The van der Waals surface area contributed by atoms with Gasteiger partial charge < -0.3 is 9.88 Å². The van der Waals surface area contributed by atoms with E-state index in [0.29, 0.717) is 23.0 Å². The van der Waals surface area contributed by atoms with Crippen LogP contribution in [0.3, 0.4) is 0 Å². The van der Waals surface area contributed by atoms with Gasteiger partial charge in [0.05, 0.1) is 16.6 Å². The van der Waals surface area contributed by atoms with Crippen molar-refractivity contribution in [1.82, 2.24) is 14.5 Å². The lowest BCUT2D eigenvalue weighted by molar-refractivity contribution is 0.0785. The number of amides is 1. The van der Waals surface area contributed by atoms with Gasteiger partial charge in [0.1, 0.15) is 5.82 Å². The maximum Gasteiger partial charge on any atom is 0.266 e. The number of benzene rings is 3. The van der Waals surface area contributed by atoms with Crippen molar-refractivity contribution in [1.29, 1.82) is 0 Å². The number of nitrogens with one attached hydrogen (secondary N) is 1. The first-order chi connectivity index (χ1) is 15.3. The fraction of sp³-hybridized carbons (Fsp3) is 0.160. The lowest BCUT2D eigenvalue weighted by Gasteiger charge is -2.18. The summed E-state index contributed by atoms with van der Waals surface area (Å²) in [7, 11) is 1.68. The van der Waals surface area contributed by atoms with Crippen molar-refractivity contribution in [2.75, 3.05) is 7.05 Å². The van der Waals surface area contributed by atoms with Gasteiger partial charge in [0.15, 0.2) is 4.77 Å². The highest BCUT2D eigenvalue weighted by Gasteiger charge is 2.16. The Morgan fingerprint density at radius 3 is 2.53 bits per heavy atom. The van der Waals surface area contributed by atoms with Gasteiger partial charge in [-0.15, -0.1) is 0 Å². The van der Waals surface area contributed by atoms with Crippen molar-refractivity contribution in [2.24, 2.45) is 0 Å². The fourth-order valence-electron chi connectivity index (χ4n) is 3.70. The van der Waals surface area contributed by atoms with Crippen LogP contribution in [0.4, 0.5) is 4.39 Å². The van der Waals surface area contributed by atoms with E-state index in [-0.39, 0.29) is 22.1 Å². The van der Waals surface area contributed by atoms with E-state index in [0.717, 1.165) is 22.4 Å². The van der Waals surface area contributed by atoms with Crippen molar-refractivity contribution < 1.29 is 9.18 Å². The molecule has 0 radical (unpaired) electrons. The highest BCUT2D eigenvalue weighted by Crippen LogP contribution is 2.19. The van der Waals surface area contributed by atoms with Crippen molar-refractivity contribution >= 4 is 29.0 Å². The first-order valence-electron chi connectivity index (χ1n) is 10.1. The van der Waals surface area contributed by atoms with Crippen LogP contribution in [0.1, 0.15) is 27.0 Å². The summed E-state index contributed by atoms with van der Waals surface area (Å²) in [5.41, 5.74) is 4.28. The van der Waals surface area contributed by atoms with Gasteiger partial charge in [0, 0.05) is 19.2 Å². The number of nitrogens with zero attached hydrogens (tertiary/aromatic N) is 2. The molecule has 5 nitrogen and oxygen atoms in total. The maximum absolute atomic E-state index is 13.2. The summed E-state index contributed by atoms with van der Waals surface area (Å²) in [4.78, 5) is 30.8. The number of rotatable bonds is 4. The average Bonchev–Trinajstić information content (AvgIpc) is 2.77. The van der Waals surface area contributed by atoms with Crippen LogP contribution in [-0.4, -0.2) is 27.4 Å². The molecule has 32 heavy (non-hydrogen) atoms. The Morgan fingerprint density at radius 2 is 1.81 bits per heavy atom. The zero-order valence-corrected chi connectivity index (χ0v) is 18.8. The van der Waals surface area contributed by atoms with E-state index < -0.39 is 0 Å². The van der Waals surface area contributed by atoms with Gasteiger partial charge in [-0.05, 0) is 79.2 Å². The van der Waals surface area contributed by atoms with Gasteiger partial charge >= 0.3 is 0 Å². The SMILES string of the molecule is Cc1cccc(-n2c(=S)[nH]c3cc(C(=O)N(C)Cc4ccc(F)cc4)ccc3c2=O)c1C. The molecule has 1 aromatic heterocycles. The normalized spacial score (nSPS) is 11.0. The summed E-state index contributed by atoms with van der Waals surface area (Å²) >= 11 is 5.49. The Morgan fingerprint density at radius 1 is 1.09 bits per heavy atom. The molecule has 1 heterocycles. The number of aryl methyl sites for hydroxylation is 1. The molecule has 0 aliphatic carbocycles. The third-order valence-corrected chi connectivity index (χ3v) is 5.93. The van der Waals surface area contributed by atoms with Crippen molar-refractivity contribution in [3.63, 3.8) is 0 Å². The monoisotopic (exact) mass is 447 g/mol. The molecule has 0 saturated carbocycles. The molecule has 0 unspecified atom stereocenters. The Kier molecular flexibility index (Phi) is 5.76. The predicted molar refractivity (Wildman–Crippen MR) is 126 cm³/mol. The summed E-state index contributed by atoms with van der Waals surface area (Å²) in [6.07, 6.45) is 0. The van der Waals surface area contributed by atoms with Gasteiger partial charge in [0.2, 0.25) is 0 Å². The van der Waals surface area contributed by atoms with Crippen molar-refractivity contribution in [2.45, 2.75) is 20.4 Å². The summed E-state index contributed by atoms with van der Waals surface area (Å²) in [5, 5.41) is 0.442. The van der Waals surface area contributed by atoms with Crippen LogP contribution in [0, 0.1) is 24.4 Å². The van der Waals surface area contributed by atoms with E-state index in [9.17, 15) is 14.0 Å². The maximum atomic E-state index is 13.2. The topological polar surface area (TPSA) is 58.1 Å². The second-order valence-electron chi connectivity index (χ2n) is 7.84. The minimum absolute atomic E-state index is 0.214. The van der Waals surface area contributed by atoms with Gasteiger partial charge in [-0.2, -0.15) is 0 Å². The second-order valence-corrected chi connectivity index (χ2v) is 8.22. The molecule has 3 aromatic carbocycles. The Hall–Kier alpha value is -3.58. The largest absolute Gasteiger partial charge is 0.337 e. The number of aromatic nitrogens is 2. The highest BCUT2D eigenvalue weighted by molar-refractivity contribution is 7.71. The molecule has 0 spiro atoms. The van der Waals surface area contributed by atoms with Crippen LogP contribution < -0.4 is 5.56 Å². The Balaban J connectivity index is 1.71. The van der Waals surface area contributed by atoms with Crippen LogP contribution in [0.15, 0.2) is 65.5 Å². The number of halogens is 1. The molecule has 0 bridgehead atoms. The second kappa shape index (κ2) is 8.51. The lowest BCUT2D eigenvalue weighted by Crippen LogP contribution is -2.26. The molecule has 162 valence electrons. The molecular formula is C25H22FN3O2S. The van der Waals surface area contributed by atoms with Gasteiger partial charge in [-0.25, -0.2) is 4.39 Å². The van der Waals surface area contributed by atoms with E-state index in [1.807, 2.05) is 32.0 Å². The quantitative estimate of drug-likeness (QED) is 0.444. The first kappa shape index (κ1) is 21.6. The minimum atomic E-state index is -0.320. The molecule has 0 saturated heterocycles. The zero-order valence-electron chi connectivity index (χ0n) is 18.0. The molecule has 7 heteroatoms. The van der Waals surface area contributed by atoms with E-state index in [2.05, 4.69) is 4.98 Å². The van der Waals surface area contributed by atoms with Gasteiger partial charge in [-0.1, -0.05) is 24.3 Å². The molecule has 0 aliphatic heterocycles. The molecule has 1 amide bonds. The molecule has 0 atom stereocenters. The van der Waals surface area contributed by atoms with E-state index in [4.69, 9.17) is 12.2 Å². The molecule has 1 N–H and O–H groups in total. The number of hydrogen-bond donors (Lipinski definition) is 1. The van der Waals surface area contributed by atoms with Crippen molar-refractivity contribution in [3.05, 3.63) is 104 Å². The summed E-state index contributed by atoms with van der Waals surface area (Å²) in [5.74, 6) is -0.534. The van der Waals surface area contributed by atoms with E-state index in [1.165, 1.54) is 16.7 Å². The Labute approximate surface area is 189 Å². The number of carbonyl (C=O) groups is 1. The van der Waals surface area contributed by atoms with Gasteiger partial charge in [0.25, 0.3) is 11.5 Å². The summed E-state index contributed by atoms with van der Waals surface area (Å²) in [6, 6.07) is 16.7. The van der Waals surface area contributed by atoms with Crippen LogP contribution >= 0.6 is 12.2 Å². The van der Waals surface area contributed by atoms with Crippen LogP contribution in [0.2, 0.25) is 0 Å². The number of fused-ring (bicyclic) bond motifs is 1. The minimum Gasteiger partial charge on any atom is -0.337 e. The van der Waals surface area contributed by atoms with E-state index >= 15 is 0 Å². The number of hydrogen-bond acceptors (Lipinski definition) is 3. The first-order valence-corrected chi connectivity index (χ1v) is 10.5. The molecule has 0 aliphatic rings. The summed E-state index contributed by atoms with van der Waals surface area (Å²) in [6.45, 7) is 4.27.